The molecule has 2 amide bonds. The van der Waals surface area contributed by atoms with E-state index in [9.17, 15) is 18.0 Å². The molecule has 0 spiro atoms. The van der Waals surface area contributed by atoms with Gasteiger partial charge < -0.3 is 10.1 Å². The molecule has 8 heteroatoms. The fraction of sp³-hybridized carbons (Fsp3) is 0.412. The molecule has 7 nitrogen and oxygen atoms in total. The molecule has 3 rings (SSSR count). The Bertz CT molecular complexity index is 1430. The van der Waals surface area contributed by atoms with E-state index in [0.29, 0.717) is 24.3 Å². The second kappa shape index (κ2) is 15.5. The SMILES string of the molecule is CCCCCCCCCC(=O)NS(=O)(=O)c1ccccc1NC(=O)c1cccc(OCc2ccc(C(C)(C)C)cc2)c1. The molecule has 0 saturated carbocycles. The summed E-state index contributed by atoms with van der Waals surface area (Å²) in [6.07, 6.45) is 7.38. The van der Waals surface area contributed by atoms with E-state index in [1.165, 1.54) is 37.0 Å². The first kappa shape index (κ1) is 32.9. The topological polar surface area (TPSA) is 102 Å². The van der Waals surface area contributed by atoms with E-state index in [0.717, 1.165) is 24.8 Å². The smallest absolute Gasteiger partial charge is 0.266 e. The molecule has 0 aliphatic rings. The average molecular weight is 593 g/mol. The van der Waals surface area contributed by atoms with Gasteiger partial charge in [-0.1, -0.05) is 109 Å². The van der Waals surface area contributed by atoms with Crippen molar-refractivity contribution in [3.8, 4) is 5.75 Å². The molecule has 2 N–H and O–H groups in total. The van der Waals surface area contributed by atoms with Crippen molar-refractivity contribution in [2.45, 2.75) is 96.0 Å². The molecule has 42 heavy (non-hydrogen) atoms. The van der Waals surface area contributed by atoms with Crippen LogP contribution in [0.1, 0.15) is 101 Å². The van der Waals surface area contributed by atoms with Crippen molar-refractivity contribution in [3.05, 3.63) is 89.5 Å². The molecule has 0 atom stereocenters. The number of hydrogen-bond donors (Lipinski definition) is 2. The Hall–Kier alpha value is -3.65. The molecule has 226 valence electrons. The number of amides is 2. The third-order valence-electron chi connectivity index (χ3n) is 7.00. The Kier molecular flexibility index (Phi) is 12.2. The van der Waals surface area contributed by atoms with E-state index in [1.54, 1.807) is 36.4 Å². The minimum Gasteiger partial charge on any atom is -0.489 e. The maximum Gasteiger partial charge on any atom is 0.266 e. The van der Waals surface area contributed by atoms with Crippen molar-refractivity contribution >= 4 is 27.5 Å². The summed E-state index contributed by atoms with van der Waals surface area (Å²) in [5.41, 5.74) is 2.71. The number of benzene rings is 3. The van der Waals surface area contributed by atoms with Crippen LogP contribution in [-0.2, 0) is 26.8 Å². The summed E-state index contributed by atoms with van der Waals surface area (Å²) in [4.78, 5) is 25.3. The lowest BCUT2D eigenvalue weighted by molar-refractivity contribution is -0.119. The number of anilines is 1. The third-order valence-corrected chi connectivity index (χ3v) is 8.43. The summed E-state index contributed by atoms with van der Waals surface area (Å²) in [6.45, 7) is 9.00. The van der Waals surface area contributed by atoms with Gasteiger partial charge in [0.15, 0.2) is 0 Å². The second-order valence-electron chi connectivity index (χ2n) is 11.6. The van der Waals surface area contributed by atoms with E-state index in [1.807, 2.05) is 12.1 Å². The van der Waals surface area contributed by atoms with Gasteiger partial charge in [-0.25, -0.2) is 13.1 Å². The number of sulfonamides is 1. The Morgan fingerprint density at radius 2 is 1.48 bits per heavy atom. The summed E-state index contributed by atoms with van der Waals surface area (Å²) in [7, 11) is -4.17. The first-order chi connectivity index (χ1) is 20.0. The summed E-state index contributed by atoms with van der Waals surface area (Å²) < 4.78 is 34.1. The largest absolute Gasteiger partial charge is 0.489 e. The molecule has 3 aromatic rings. The fourth-order valence-corrected chi connectivity index (χ4v) is 5.67. The fourth-order valence-electron chi connectivity index (χ4n) is 4.49. The number of para-hydroxylation sites is 1. The molecule has 0 aliphatic carbocycles. The third kappa shape index (κ3) is 10.3. The van der Waals surface area contributed by atoms with Crippen molar-refractivity contribution < 1.29 is 22.7 Å². The van der Waals surface area contributed by atoms with Crippen molar-refractivity contribution in [1.82, 2.24) is 4.72 Å². The lowest BCUT2D eigenvalue weighted by Crippen LogP contribution is -2.31. The number of nitrogens with one attached hydrogen (secondary N) is 2. The summed E-state index contributed by atoms with van der Waals surface area (Å²) >= 11 is 0. The normalized spacial score (nSPS) is 11.6. The van der Waals surface area contributed by atoms with E-state index < -0.39 is 21.8 Å². The molecule has 0 bridgehead atoms. The molecule has 0 fully saturated rings. The van der Waals surface area contributed by atoms with Crippen LogP contribution in [0.2, 0.25) is 0 Å². The predicted octanol–water partition coefficient (Wildman–Crippen LogP) is 7.76. The minimum atomic E-state index is -4.17. The van der Waals surface area contributed by atoms with Gasteiger partial charge in [0.2, 0.25) is 5.91 Å². The number of carbonyl (C=O) groups is 2. The molecular weight excluding hydrogens is 548 g/mol. The number of carbonyl (C=O) groups excluding carboxylic acids is 2. The van der Waals surface area contributed by atoms with E-state index in [4.69, 9.17) is 4.74 Å². The van der Waals surface area contributed by atoms with Crippen molar-refractivity contribution in [3.63, 3.8) is 0 Å². The van der Waals surface area contributed by atoms with E-state index in [2.05, 4.69) is 49.9 Å². The zero-order valence-electron chi connectivity index (χ0n) is 25.2. The lowest BCUT2D eigenvalue weighted by Gasteiger charge is -2.19. The van der Waals surface area contributed by atoms with Gasteiger partial charge in [-0.05, 0) is 53.3 Å². The van der Waals surface area contributed by atoms with Crippen molar-refractivity contribution in [2.24, 2.45) is 0 Å². The second-order valence-corrected chi connectivity index (χ2v) is 13.3. The van der Waals surface area contributed by atoms with Crippen LogP contribution in [0.3, 0.4) is 0 Å². The maximum absolute atomic E-state index is 13.1. The number of hydrogen-bond acceptors (Lipinski definition) is 5. The zero-order valence-corrected chi connectivity index (χ0v) is 26.1. The number of rotatable bonds is 15. The first-order valence-corrected chi connectivity index (χ1v) is 16.3. The van der Waals surface area contributed by atoms with Gasteiger partial charge >= 0.3 is 0 Å². The van der Waals surface area contributed by atoms with Crippen LogP contribution >= 0.6 is 0 Å². The maximum atomic E-state index is 13.1. The van der Waals surface area contributed by atoms with Gasteiger partial charge in [-0.3, -0.25) is 9.59 Å². The molecule has 0 radical (unpaired) electrons. The van der Waals surface area contributed by atoms with E-state index in [-0.39, 0.29) is 22.4 Å². The van der Waals surface area contributed by atoms with Gasteiger partial charge in [-0.15, -0.1) is 0 Å². The average Bonchev–Trinajstić information content (AvgIpc) is 2.95. The Morgan fingerprint density at radius 1 is 0.810 bits per heavy atom. The quantitative estimate of drug-likeness (QED) is 0.176. The zero-order chi connectivity index (χ0) is 30.6. The Labute approximate surface area is 251 Å². The molecule has 3 aromatic carbocycles. The molecule has 0 unspecified atom stereocenters. The highest BCUT2D eigenvalue weighted by Gasteiger charge is 2.22. The number of unbranched alkanes of at least 4 members (excludes halogenated alkanes) is 6. The van der Waals surface area contributed by atoms with Crippen LogP contribution in [0.25, 0.3) is 0 Å². The number of ether oxygens (including phenoxy) is 1. The van der Waals surface area contributed by atoms with Crippen LogP contribution in [0, 0.1) is 0 Å². The van der Waals surface area contributed by atoms with Crippen LogP contribution in [0.4, 0.5) is 5.69 Å². The van der Waals surface area contributed by atoms with Crippen LogP contribution in [-0.4, -0.2) is 20.2 Å². The molecule has 0 aliphatic heterocycles. The monoisotopic (exact) mass is 592 g/mol. The molecule has 0 aromatic heterocycles. The van der Waals surface area contributed by atoms with Crippen molar-refractivity contribution in [2.75, 3.05) is 5.32 Å². The summed E-state index contributed by atoms with van der Waals surface area (Å²) in [6, 6.07) is 21.0. The first-order valence-electron chi connectivity index (χ1n) is 14.8. The van der Waals surface area contributed by atoms with Crippen LogP contribution in [0.5, 0.6) is 5.75 Å². The van der Waals surface area contributed by atoms with Gasteiger partial charge in [0.1, 0.15) is 17.3 Å². The highest BCUT2D eigenvalue weighted by atomic mass is 32.2. The standard InChI is InChI=1S/C34H44N2O5S/c1-5-6-7-8-9-10-11-19-32(37)36-42(39,40)31-18-13-12-17-30(31)35-33(38)27-15-14-16-29(24-27)41-25-26-20-22-28(23-21-26)34(2,3)4/h12-18,20-24H,5-11,19,25H2,1-4H3,(H,35,38)(H,36,37). The summed E-state index contributed by atoms with van der Waals surface area (Å²) in [5, 5.41) is 2.68. The molecular formula is C34H44N2O5S. The Morgan fingerprint density at radius 3 is 2.17 bits per heavy atom. The lowest BCUT2D eigenvalue weighted by atomic mass is 9.87. The van der Waals surface area contributed by atoms with Gasteiger partial charge in [-0.2, -0.15) is 0 Å². The highest BCUT2D eigenvalue weighted by Crippen LogP contribution is 2.24. The van der Waals surface area contributed by atoms with Crippen LogP contribution in [0.15, 0.2) is 77.7 Å². The van der Waals surface area contributed by atoms with Gasteiger partial charge in [0.25, 0.3) is 15.9 Å². The molecule has 0 heterocycles. The van der Waals surface area contributed by atoms with E-state index >= 15 is 0 Å². The predicted molar refractivity (Wildman–Crippen MR) is 168 cm³/mol. The van der Waals surface area contributed by atoms with Gasteiger partial charge in [0.05, 0.1) is 5.69 Å². The Balaban J connectivity index is 1.59. The van der Waals surface area contributed by atoms with Crippen LogP contribution < -0.4 is 14.8 Å². The minimum absolute atomic E-state index is 0.0673. The van der Waals surface area contributed by atoms with Crippen molar-refractivity contribution in [1.29, 1.82) is 0 Å². The summed E-state index contributed by atoms with van der Waals surface area (Å²) in [5.74, 6) is -0.532. The van der Waals surface area contributed by atoms with Gasteiger partial charge in [0, 0.05) is 12.0 Å². The highest BCUT2D eigenvalue weighted by molar-refractivity contribution is 7.90. The molecule has 0 saturated heterocycles.